The number of nitrogens with one attached hydrogen (secondary N) is 1. The Morgan fingerprint density at radius 3 is 2.61 bits per heavy atom. The molecule has 1 amide bonds. The van der Waals surface area contributed by atoms with Gasteiger partial charge in [-0.15, -0.1) is 11.3 Å². The number of sulfonamides is 1. The van der Waals surface area contributed by atoms with Crippen LogP contribution in [0.15, 0.2) is 33.9 Å². The van der Waals surface area contributed by atoms with Crippen LogP contribution in [0, 0.1) is 12.8 Å². The largest absolute Gasteiger partial charge is 0.496 e. The first-order valence-corrected chi connectivity index (χ1v) is 13.0. The van der Waals surface area contributed by atoms with Crippen molar-refractivity contribution in [3.63, 3.8) is 0 Å². The van der Waals surface area contributed by atoms with Crippen molar-refractivity contribution in [2.75, 3.05) is 20.2 Å². The number of nitrogens with zero attached hydrogens (tertiary/aromatic N) is 1. The Morgan fingerprint density at radius 1 is 1.26 bits per heavy atom. The molecule has 2 heterocycles. The van der Waals surface area contributed by atoms with Crippen molar-refractivity contribution in [2.45, 2.75) is 56.7 Å². The van der Waals surface area contributed by atoms with Gasteiger partial charge in [-0.1, -0.05) is 19.9 Å². The van der Waals surface area contributed by atoms with Crippen molar-refractivity contribution < 1.29 is 17.9 Å². The monoisotopic (exact) mass is 464 g/mol. The molecule has 31 heavy (non-hydrogen) atoms. The molecular weight excluding hydrogens is 432 g/mol. The number of carbonyl (C=O) groups excluding carboxylic acids is 1. The van der Waals surface area contributed by atoms with Crippen molar-refractivity contribution in [1.29, 1.82) is 0 Å². The maximum absolute atomic E-state index is 13.0. The summed E-state index contributed by atoms with van der Waals surface area (Å²) in [5.41, 5.74) is 3.21. The Bertz CT molecular complexity index is 1020. The average molecular weight is 465 g/mol. The van der Waals surface area contributed by atoms with E-state index in [0.29, 0.717) is 29.5 Å². The summed E-state index contributed by atoms with van der Waals surface area (Å²) in [6.07, 6.45) is 1.37. The van der Waals surface area contributed by atoms with Gasteiger partial charge in [-0.25, -0.2) is 8.42 Å². The number of hydrogen-bond donors (Lipinski definition) is 1. The number of aryl methyl sites for hydroxylation is 1. The molecule has 1 N–H and O–H groups in total. The minimum atomic E-state index is -3.54. The first-order chi connectivity index (χ1) is 14.6. The van der Waals surface area contributed by atoms with E-state index in [1.165, 1.54) is 15.6 Å². The molecule has 0 spiro atoms. The standard InChI is InChI=1S/C23H32N2O4S2/c1-15(2)19-13-20(16(3)12-21(19)29-5)17(4)24-23(26)18-8-6-10-25(14-18)31(27,28)22-9-7-11-30-22/h7,9,11-13,15,17-18H,6,8,10,14H2,1-5H3,(H,24,26)/t17-,18-/m0/s1. The number of thiophene rings is 1. The molecule has 0 saturated carbocycles. The SMILES string of the molecule is COc1cc(C)c([C@H](C)NC(=O)[C@H]2CCCN(S(=O)(=O)c3cccs3)C2)cc1C(C)C. The van der Waals surface area contributed by atoms with Gasteiger partial charge in [0.05, 0.1) is 19.1 Å². The lowest BCUT2D eigenvalue weighted by Crippen LogP contribution is -2.45. The van der Waals surface area contributed by atoms with E-state index in [9.17, 15) is 13.2 Å². The minimum Gasteiger partial charge on any atom is -0.496 e. The first kappa shape index (κ1) is 23.8. The second-order valence-electron chi connectivity index (χ2n) is 8.47. The van der Waals surface area contributed by atoms with Gasteiger partial charge in [0.1, 0.15) is 9.96 Å². The zero-order valence-electron chi connectivity index (χ0n) is 18.8. The summed E-state index contributed by atoms with van der Waals surface area (Å²) in [7, 11) is -1.87. The lowest BCUT2D eigenvalue weighted by Gasteiger charge is -2.31. The maximum atomic E-state index is 13.0. The van der Waals surface area contributed by atoms with Crippen LogP contribution in [0.1, 0.15) is 62.3 Å². The van der Waals surface area contributed by atoms with Crippen molar-refractivity contribution in [3.8, 4) is 5.75 Å². The molecule has 2 atom stereocenters. The molecule has 1 aliphatic rings. The number of carbonyl (C=O) groups is 1. The third-order valence-corrected chi connectivity index (χ3v) is 9.15. The fourth-order valence-electron chi connectivity index (χ4n) is 4.13. The highest BCUT2D eigenvalue weighted by molar-refractivity contribution is 7.91. The molecule has 2 aromatic rings. The summed E-state index contributed by atoms with van der Waals surface area (Å²) in [4.78, 5) is 13.0. The maximum Gasteiger partial charge on any atom is 0.252 e. The smallest absolute Gasteiger partial charge is 0.252 e. The van der Waals surface area contributed by atoms with Gasteiger partial charge in [-0.2, -0.15) is 4.31 Å². The molecule has 3 rings (SSSR count). The minimum absolute atomic E-state index is 0.0973. The van der Waals surface area contributed by atoms with Crippen LogP contribution in [0.3, 0.4) is 0 Å². The van der Waals surface area contributed by atoms with Crippen LogP contribution in [0.4, 0.5) is 0 Å². The molecule has 0 bridgehead atoms. The number of rotatable bonds is 7. The topological polar surface area (TPSA) is 75.7 Å². The van der Waals surface area contributed by atoms with Crippen LogP contribution in [0.2, 0.25) is 0 Å². The van der Waals surface area contributed by atoms with E-state index >= 15 is 0 Å². The molecular formula is C23H32N2O4S2. The van der Waals surface area contributed by atoms with Crippen molar-refractivity contribution in [3.05, 3.63) is 46.3 Å². The van der Waals surface area contributed by atoms with Crippen LogP contribution in [-0.2, 0) is 14.8 Å². The lowest BCUT2D eigenvalue weighted by atomic mass is 9.92. The highest BCUT2D eigenvalue weighted by Gasteiger charge is 2.34. The van der Waals surface area contributed by atoms with E-state index in [-0.39, 0.29) is 24.4 Å². The number of methoxy groups -OCH3 is 1. The van der Waals surface area contributed by atoms with Crippen LogP contribution in [0.5, 0.6) is 5.75 Å². The van der Waals surface area contributed by atoms with Gasteiger partial charge >= 0.3 is 0 Å². The molecule has 6 nitrogen and oxygen atoms in total. The molecule has 0 aliphatic carbocycles. The highest BCUT2D eigenvalue weighted by Crippen LogP contribution is 2.32. The van der Waals surface area contributed by atoms with Crippen molar-refractivity contribution in [2.24, 2.45) is 5.92 Å². The van der Waals surface area contributed by atoms with Gasteiger partial charge in [0.25, 0.3) is 10.0 Å². The van der Waals surface area contributed by atoms with E-state index in [1.807, 2.05) is 19.9 Å². The summed E-state index contributed by atoms with van der Waals surface area (Å²) in [5, 5.41) is 4.87. The number of benzene rings is 1. The van der Waals surface area contributed by atoms with E-state index in [0.717, 1.165) is 22.4 Å². The molecule has 1 fully saturated rings. The highest BCUT2D eigenvalue weighted by atomic mass is 32.2. The first-order valence-electron chi connectivity index (χ1n) is 10.7. The normalized spacial score (nSPS) is 18.7. The zero-order valence-corrected chi connectivity index (χ0v) is 20.5. The van der Waals surface area contributed by atoms with Crippen LogP contribution < -0.4 is 10.1 Å². The molecule has 1 aromatic carbocycles. The molecule has 170 valence electrons. The molecule has 1 saturated heterocycles. The summed E-state index contributed by atoms with van der Waals surface area (Å²) in [6.45, 7) is 8.89. The molecule has 8 heteroatoms. The second kappa shape index (κ2) is 9.71. The molecule has 0 unspecified atom stereocenters. The summed E-state index contributed by atoms with van der Waals surface area (Å²) >= 11 is 1.21. The van der Waals surface area contributed by atoms with Gasteiger partial charge in [0.2, 0.25) is 5.91 Å². The fourth-order valence-corrected chi connectivity index (χ4v) is 6.80. The summed E-state index contributed by atoms with van der Waals surface area (Å²) in [6, 6.07) is 7.29. The predicted molar refractivity (Wildman–Crippen MR) is 124 cm³/mol. The predicted octanol–water partition coefficient (Wildman–Crippen LogP) is 4.47. The second-order valence-corrected chi connectivity index (χ2v) is 11.6. The van der Waals surface area contributed by atoms with E-state index < -0.39 is 10.0 Å². The molecule has 1 aromatic heterocycles. The van der Waals surface area contributed by atoms with E-state index in [1.54, 1.807) is 24.6 Å². The Balaban J connectivity index is 1.73. The molecule has 1 aliphatic heterocycles. The average Bonchev–Trinajstić information content (AvgIpc) is 3.29. The fraction of sp³-hybridized carbons (Fsp3) is 0.522. The molecule has 0 radical (unpaired) electrons. The third-order valence-electron chi connectivity index (χ3n) is 5.91. The number of hydrogen-bond acceptors (Lipinski definition) is 5. The van der Waals surface area contributed by atoms with Gasteiger partial charge in [0.15, 0.2) is 0 Å². The quantitative estimate of drug-likeness (QED) is 0.656. The number of amides is 1. The van der Waals surface area contributed by atoms with Crippen molar-refractivity contribution >= 4 is 27.3 Å². The van der Waals surface area contributed by atoms with E-state index in [4.69, 9.17) is 4.74 Å². The van der Waals surface area contributed by atoms with Crippen LogP contribution in [0.25, 0.3) is 0 Å². The summed E-state index contributed by atoms with van der Waals surface area (Å²) < 4.78 is 33.0. The summed E-state index contributed by atoms with van der Waals surface area (Å²) in [5.74, 6) is 0.706. The Morgan fingerprint density at radius 2 is 2.00 bits per heavy atom. The van der Waals surface area contributed by atoms with Crippen molar-refractivity contribution in [1.82, 2.24) is 9.62 Å². The Hall–Kier alpha value is -1.90. The number of piperidine rings is 1. The van der Waals surface area contributed by atoms with Gasteiger partial charge < -0.3 is 10.1 Å². The van der Waals surface area contributed by atoms with E-state index in [2.05, 4.69) is 25.2 Å². The zero-order chi connectivity index (χ0) is 22.8. The lowest BCUT2D eigenvalue weighted by molar-refractivity contribution is -0.126. The number of ether oxygens (including phenoxy) is 1. The van der Waals surface area contributed by atoms with Gasteiger partial charge in [-0.3, -0.25) is 4.79 Å². The van der Waals surface area contributed by atoms with Crippen LogP contribution >= 0.6 is 11.3 Å². The van der Waals surface area contributed by atoms with Gasteiger partial charge in [0, 0.05) is 13.1 Å². The Kier molecular flexibility index (Phi) is 7.44. The van der Waals surface area contributed by atoms with Gasteiger partial charge in [-0.05, 0) is 72.9 Å². The van der Waals surface area contributed by atoms with Crippen LogP contribution in [-0.4, -0.2) is 38.8 Å². The third kappa shape index (κ3) is 5.13. The Labute approximate surface area is 189 Å².